The second-order valence-corrected chi connectivity index (χ2v) is 5.99. The fourth-order valence-electron chi connectivity index (χ4n) is 2.36. The van der Waals surface area contributed by atoms with Crippen LogP contribution >= 0.6 is 11.8 Å². The van der Waals surface area contributed by atoms with Crippen LogP contribution in [0.5, 0.6) is 0 Å². The molecule has 0 saturated carbocycles. The Morgan fingerprint density at radius 2 is 1.90 bits per heavy atom. The minimum absolute atomic E-state index is 0.341. The molecule has 0 N–H and O–H groups in total. The molecule has 2 aromatic heterocycles. The summed E-state index contributed by atoms with van der Waals surface area (Å²) in [7, 11) is 0. The van der Waals surface area contributed by atoms with Gasteiger partial charge < -0.3 is 4.40 Å². The fourth-order valence-corrected chi connectivity index (χ4v) is 3.53. The van der Waals surface area contributed by atoms with Crippen LogP contribution in [0.4, 0.5) is 0 Å². The van der Waals surface area contributed by atoms with E-state index in [1.54, 1.807) is 0 Å². The van der Waals surface area contributed by atoms with Crippen molar-refractivity contribution in [2.24, 2.45) is 0 Å². The van der Waals surface area contributed by atoms with Crippen LogP contribution in [0.25, 0.3) is 5.65 Å². The van der Waals surface area contributed by atoms with E-state index in [0.29, 0.717) is 5.25 Å². The number of nitrogens with zero attached hydrogens (tertiary/aromatic N) is 2. The van der Waals surface area contributed by atoms with E-state index in [4.69, 9.17) is 0 Å². The molecule has 0 aliphatic heterocycles. The van der Waals surface area contributed by atoms with E-state index in [-0.39, 0.29) is 0 Å². The first-order chi connectivity index (χ1) is 9.90. The van der Waals surface area contributed by atoms with E-state index < -0.39 is 0 Å². The first-order valence-corrected chi connectivity index (χ1v) is 8.03. The average Bonchev–Trinajstić information content (AvgIpc) is 2.93. The number of fused-ring (bicyclic) bond motifs is 1. The van der Waals surface area contributed by atoms with Crippen LogP contribution in [-0.4, -0.2) is 15.1 Å². The van der Waals surface area contributed by atoms with Crippen molar-refractivity contribution >= 4 is 17.4 Å². The number of thioether (sulfide) groups is 1. The Morgan fingerprint density at radius 3 is 2.70 bits per heavy atom. The number of rotatable bonds is 5. The summed E-state index contributed by atoms with van der Waals surface area (Å²) in [5.74, 6) is 1.15. The molecule has 1 aromatic carbocycles. The second kappa shape index (κ2) is 6.14. The molecule has 20 heavy (non-hydrogen) atoms. The lowest BCUT2D eigenvalue weighted by atomic mass is 10.1. The lowest BCUT2D eigenvalue weighted by Crippen LogP contribution is -2.01. The molecule has 2 nitrogen and oxygen atoms in total. The summed E-state index contributed by atoms with van der Waals surface area (Å²) >= 11 is 1.99. The molecular weight excluding hydrogens is 264 g/mol. The summed E-state index contributed by atoms with van der Waals surface area (Å²) in [4.78, 5) is 4.52. The van der Waals surface area contributed by atoms with E-state index in [9.17, 15) is 0 Å². The van der Waals surface area contributed by atoms with Crippen molar-refractivity contribution in [2.75, 3.05) is 5.75 Å². The molecule has 0 fully saturated rings. The van der Waals surface area contributed by atoms with Gasteiger partial charge in [-0.15, -0.1) is 11.8 Å². The highest BCUT2D eigenvalue weighted by molar-refractivity contribution is 7.99. The summed E-state index contributed by atoms with van der Waals surface area (Å²) < 4.78 is 2.19. The molecule has 0 amide bonds. The first-order valence-electron chi connectivity index (χ1n) is 6.98. The third kappa shape index (κ3) is 2.59. The standard InChI is InChI=1S/C17H18N2S/c1-2-12-20-17(14-8-4-3-5-9-14)15-13-18-16-10-6-7-11-19(15)16/h3-11,13,17H,2,12H2,1H3. The number of aromatic nitrogens is 2. The van der Waals surface area contributed by atoms with E-state index in [2.05, 4.69) is 65.0 Å². The van der Waals surface area contributed by atoms with Gasteiger partial charge in [0, 0.05) is 6.20 Å². The number of hydrogen-bond acceptors (Lipinski definition) is 2. The highest BCUT2D eigenvalue weighted by Gasteiger charge is 2.18. The smallest absolute Gasteiger partial charge is 0.136 e. The molecule has 0 saturated heterocycles. The van der Waals surface area contributed by atoms with Crippen LogP contribution < -0.4 is 0 Å². The van der Waals surface area contributed by atoms with Crippen molar-refractivity contribution in [3.8, 4) is 0 Å². The summed E-state index contributed by atoms with van der Waals surface area (Å²) in [6.07, 6.45) is 5.29. The van der Waals surface area contributed by atoms with Gasteiger partial charge in [-0.05, 0) is 29.9 Å². The zero-order chi connectivity index (χ0) is 13.8. The number of pyridine rings is 1. The predicted molar refractivity (Wildman–Crippen MR) is 86.2 cm³/mol. The largest absolute Gasteiger partial charge is 0.303 e. The summed E-state index contributed by atoms with van der Waals surface area (Å²) in [5.41, 5.74) is 3.61. The lowest BCUT2D eigenvalue weighted by Gasteiger charge is -2.16. The van der Waals surface area contributed by atoms with Crippen molar-refractivity contribution in [1.82, 2.24) is 9.38 Å². The van der Waals surface area contributed by atoms with Gasteiger partial charge >= 0.3 is 0 Å². The SMILES string of the molecule is CCCSC(c1ccccc1)c1cnc2ccccn12. The van der Waals surface area contributed by atoms with E-state index in [0.717, 1.165) is 11.4 Å². The van der Waals surface area contributed by atoms with Gasteiger partial charge in [0.1, 0.15) is 5.65 Å². The maximum absolute atomic E-state index is 4.52. The van der Waals surface area contributed by atoms with Crippen LogP contribution in [0, 0.1) is 0 Å². The molecule has 0 aliphatic carbocycles. The molecule has 0 spiro atoms. The Balaban J connectivity index is 2.05. The molecule has 0 aliphatic rings. The molecule has 3 rings (SSSR count). The van der Waals surface area contributed by atoms with Crippen LogP contribution in [0.15, 0.2) is 60.9 Å². The third-order valence-corrected chi connectivity index (χ3v) is 4.80. The summed E-state index contributed by atoms with van der Waals surface area (Å²) in [5, 5.41) is 0.341. The van der Waals surface area contributed by atoms with Crippen LogP contribution in [-0.2, 0) is 0 Å². The fraction of sp³-hybridized carbons (Fsp3) is 0.235. The zero-order valence-electron chi connectivity index (χ0n) is 11.6. The summed E-state index contributed by atoms with van der Waals surface area (Å²) in [6.45, 7) is 2.23. The Labute approximate surface area is 123 Å². The lowest BCUT2D eigenvalue weighted by molar-refractivity contribution is 0.998. The summed E-state index contributed by atoms with van der Waals surface area (Å²) in [6, 6.07) is 16.8. The molecule has 102 valence electrons. The van der Waals surface area contributed by atoms with Crippen LogP contribution in [0.2, 0.25) is 0 Å². The van der Waals surface area contributed by atoms with Crippen LogP contribution in [0.1, 0.15) is 29.9 Å². The minimum Gasteiger partial charge on any atom is -0.303 e. The molecule has 1 atom stereocenters. The van der Waals surface area contributed by atoms with Crippen molar-refractivity contribution in [3.05, 3.63) is 72.2 Å². The highest BCUT2D eigenvalue weighted by atomic mass is 32.2. The van der Waals surface area contributed by atoms with E-state index in [1.807, 2.05) is 24.0 Å². The Morgan fingerprint density at radius 1 is 1.10 bits per heavy atom. The molecule has 2 heterocycles. The highest BCUT2D eigenvalue weighted by Crippen LogP contribution is 2.36. The number of hydrogen-bond donors (Lipinski definition) is 0. The Bertz CT molecular complexity index is 676. The normalized spacial score (nSPS) is 12.7. The second-order valence-electron chi connectivity index (χ2n) is 4.77. The van der Waals surface area contributed by atoms with Gasteiger partial charge in [0.15, 0.2) is 0 Å². The molecule has 0 bridgehead atoms. The molecule has 1 unspecified atom stereocenters. The number of benzene rings is 1. The van der Waals surface area contributed by atoms with Gasteiger partial charge in [-0.2, -0.15) is 0 Å². The zero-order valence-corrected chi connectivity index (χ0v) is 12.4. The van der Waals surface area contributed by atoms with Gasteiger partial charge in [0.05, 0.1) is 17.1 Å². The van der Waals surface area contributed by atoms with Gasteiger partial charge in [0.2, 0.25) is 0 Å². The number of imidazole rings is 1. The molecule has 3 aromatic rings. The van der Waals surface area contributed by atoms with E-state index >= 15 is 0 Å². The maximum Gasteiger partial charge on any atom is 0.136 e. The van der Waals surface area contributed by atoms with Crippen molar-refractivity contribution < 1.29 is 0 Å². The van der Waals surface area contributed by atoms with Crippen LogP contribution in [0.3, 0.4) is 0 Å². The minimum atomic E-state index is 0.341. The van der Waals surface area contributed by atoms with Gasteiger partial charge in [-0.25, -0.2) is 4.98 Å². The molecular formula is C17H18N2S. The monoisotopic (exact) mass is 282 g/mol. The van der Waals surface area contributed by atoms with Crippen molar-refractivity contribution in [2.45, 2.75) is 18.6 Å². The molecule has 3 heteroatoms. The quantitative estimate of drug-likeness (QED) is 0.682. The van der Waals surface area contributed by atoms with Crippen molar-refractivity contribution in [1.29, 1.82) is 0 Å². The van der Waals surface area contributed by atoms with Gasteiger partial charge in [0.25, 0.3) is 0 Å². The average molecular weight is 282 g/mol. The molecule has 0 radical (unpaired) electrons. The topological polar surface area (TPSA) is 17.3 Å². The van der Waals surface area contributed by atoms with Crippen molar-refractivity contribution in [3.63, 3.8) is 0 Å². The maximum atomic E-state index is 4.52. The Kier molecular flexibility index (Phi) is 4.07. The van der Waals surface area contributed by atoms with Gasteiger partial charge in [-0.3, -0.25) is 0 Å². The third-order valence-electron chi connectivity index (χ3n) is 3.31. The van der Waals surface area contributed by atoms with Gasteiger partial charge in [-0.1, -0.05) is 43.3 Å². The Hall–Kier alpha value is -1.74. The first kappa shape index (κ1) is 13.3. The predicted octanol–water partition coefficient (Wildman–Crippen LogP) is 4.57. The van der Waals surface area contributed by atoms with E-state index in [1.165, 1.54) is 17.7 Å².